The van der Waals surface area contributed by atoms with Crippen molar-refractivity contribution in [3.8, 4) is 0 Å². The zero-order chi connectivity index (χ0) is 14.4. The maximum absolute atomic E-state index is 12.5. The molecule has 6 heteroatoms. The van der Waals surface area contributed by atoms with Crippen LogP contribution in [-0.2, 0) is 10.2 Å². The average molecular weight is 303 g/mol. The monoisotopic (exact) mass is 303 g/mol. The Kier molecular flexibility index (Phi) is 6.26. The van der Waals surface area contributed by atoms with Crippen molar-refractivity contribution in [3.63, 3.8) is 0 Å². The van der Waals surface area contributed by atoms with E-state index in [4.69, 9.17) is 0 Å². The lowest BCUT2D eigenvalue weighted by Gasteiger charge is -2.35. The Morgan fingerprint density at radius 2 is 1.90 bits per heavy atom. The number of nitrogens with one attached hydrogen (secondary N) is 2. The maximum Gasteiger partial charge on any atom is 0.279 e. The van der Waals surface area contributed by atoms with Gasteiger partial charge in [0.25, 0.3) is 10.2 Å². The van der Waals surface area contributed by atoms with Crippen molar-refractivity contribution < 1.29 is 8.42 Å². The fourth-order valence-corrected chi connectivity index (χ4v) is 4.50. The standard InChI is InChI=1S/C14H29N3O2S/c1-2-9-15-12-14-8-3-4-10-17(14)20(18,19)16-11-13-6-5-7-13/h13-16H,2-12H2,1H3. The number of nitrogens with zero attached hydrogens (tertiary/aromatic N) is 1. The van der Waals surface area contributed by atoms with Crippen LogP contribution < -0.4 is 10.0 Å². The largest absolute Gasteiger partial charge is 0.315 e. The zero-order valence-electron chi connectivity index (χ0n) is 12.6. The van der Waals surface area contributed by atoms with Gasteiger partial charge in [-0.15, -0.1) is 0 Å². The topological polar surface area (TPSA) is 61.4 Å². The molecule has 1 heterocycles. The lowest BCUT2D eigenvalue weighted by molar-refractivity contribution is 0.239. The van der Waals surface area contributed by atoms with Crippen molar-refractivity contribution in [2.24, 2.45) is 5.92 Å². The van der Waals surface area contributed by atoms with Gasteiger partial charge in [0, 0.05) is 25.7 Å². The number of hydrogen-bond donors (Lipinski definition) is 2. The lowest BCUT2D eigenvalue weighted by Crippen LogP contribution is -2.53. The van der Waals surface area contributed by atoms with Crippen LogP contribution >= 0.6 is 0 Å². The van der Waals surface area contributed by atoms with Crippen molar-refractivity contribution in [3.05, 3.63) is 0 Å². The van der Waals surface area contributed by atoms with E-state index in [1.165, 1.54) is 19.3 Å². The van der Waals surface area contributed by atoms with Gasteiger partial charge in [0.2, 0.25) is 0 Å². The first-order valence-electron chi connectivity index (χ1n) is 8.10. The number of piperidine rings is 1. The summed E-state index contributed by atoms with van der Waals surface area (Å²) in [4.78, 5) is 0. The molecule has 118 valence electrons. The molecule has 0 aromatic heterocycles. The molecule has 5 nitrogen and oxygen atoms in total. The van der Waals surface area contributed by atoms with Crippen LogP contribution in [0.15, 0.2) is 0 Å². The van der Waals surface area contributed by atoms with Crippen molar-refractivity contribution >= 4 is 10.2 Å². The molecule has 2 rings (SSSR count). The van der Waals surface area contributed by atoms with Gasteiger partial charge in [-0.3, -0.25) is 0 Å². The van der Waals surface area contributed by atoms with Gasteiger partial charge in [-0.25, -0.2) is 4.72 Å². The van der Waals surface area contributed by atoms with Crippen molar-refractivity contribution in [1.82, 2.24) is 14.3 Å². The Balaban J connectivity index is 1.87. The smallest absolute Gasteiger partial charge is 0.279 e. The van der Waals surface area contributed by atoms with E-state index in [1.807, 2.05) is 0 Å². The van der Waals surface area contributed by atoms with E-state index in [0.717, 1.165) is 38.8 Å². The van der Waals surface area contributed by atoms with Gasteiger partial charge in [-0.2, -0.15) is 12.7 Å². The predicted molar refractivity (Wildman–Crippen MR) is 81.8 cm³/mol. The first-order valence-corrected chi connectivity index (χ1v) is 9.54. The highest BCUT2D eigenvalue weighted by atomic mass is 32.2. The van der Waals surface area contributed by atoms with Crippen molar-refractivity contribution in [2.45, 2.75) is 57.9 Å². The quantitative estimate of drug-likeness (QED) is 0.668. The summed E-state index contributed by atoms with van der Waals surface area (Å²) in [6, 6.07) is 0.120. The highest BCUT2D eigenvalue weighted by molar-refractivity contribution is 7.87. The van der Waals surface area contributed by atoms with Gasteiger partial charge in [0.05, 0.1) is 0 Å². The molecule has 20 heavy (non-hydrogen) atoms. The fourth-order valence-electron chi connectivity index (χ4n) is 2.94. The minimum Gasteiger partial charge on any atom is -0.315 e. The van der Waals surface area contributed by atoms with Gasteiger partial charge in [0.15, 0.2) is 0 Å². The molecule has 0 aromatic rings. The van der Waals surface area contributed by atoms with Crippen LogP contribution in [0.25, 0.3) is 0 Å². The molecular formula is C14H29N3O2S. The first-order chi connectivity index (χ1) is 9.63. The SMILES string of the molecule is CCCNCC1CCCCN1S(=O)(=O)NCC1CCC1. The van der Waals surface area contributed by atoms with E-state index >= 15 is 0 Å². The molecule has 0 bridgehead atoms. The van der Waals surface area contributed by atoms with E-state index in [0.29, 0.717) is 19.0 Å². The third kappa shape index (κ3) is 4.41. The molecule has 1 saturated heterocycles. The van der Waals surface area contributed by atoms with Crippen LogP contribution in [0.1, 0.15) is 51.9 Å². The second-order valence-electron chi connectivity index (χ2n) is 6.11. The minimum atomic E-state index is -3.30. The Labute approximate surface area is 123 Å². The highest BCUT2D eigenvalue weighted by Gasteiger charge is 2.32. The third-order valence-corrected chi connectivity index (χ3v) is 6.10. The molecule has 1 aliphatic heterocycles. The normalized spacial score (nSPS) is 25.6. The third-order valence-electron chi connectivity index (χ3n) is 4.47. The Morgan fingerprint density at radius 1 is 1.10 bits per heavy atom. The van der Waals surface area contributed by atoms with Crippen molar-refractivity contribution in [1.29, 1.82) is 0 Å². The van der Waals surface area contributed by atoms with Crippen LogP contribution in [0.3, 0.4) is 0 Å². The van der Waals surface area contributed by atoms with Crippen LogP contribution in [0, 0.1) is 5.92 Å². The molecule has 1 aliphatic carbocycles. The molecule has 0 spiro atoms. The Hall–Kier alpha value is -0.170. The van der Waals surface area contributed by atoms with Crippen LogP contribution in [0.5, 0.6) is 0 Å². The summed E-state index contributed by atoms with van der Waals surface area (Å²) >= 11 is 0. The molecule has 2 N–H and O–H groups in total. The summed E-state index contributed by atoms with van der Waals surface area (Å²) in [5.41, 5.74) is 0. The van der Waals surface area contributed by atoms with E-state index in [1.54, 1.807) is 4.31 Å². The van der Waals surface area contributed by atoms with E-state index in [-0.39, 0.29) is 6.04 Å². The lowest BCUT2D eigenvalue weighted by atomic mass is 9.86. The maximum atomic E-state index is 12.5. The molecule has 1 saturated carbocycles. The van der Waals surface area contributed by atoms with Gasteiger partial charge >= 0.3 is 0 Å². The molecule has 0 radical (unpaired) electrons. The van der Waals surface area contributed by atoms with Gasteiger partial charge in [-0.1, -0.05) is 19.8 Å². The first kappa shape index (κ1) is 16.2. The van der Waals surface area contributed by atoms with Gasteiger partial charge in [-0.05, 0) is 44.6 Å². The second-order valence-corrected chi connectivity index (χ2v) is 7.82. The van der Waals surface area contributed by atoms with Crippen molar-refractivity contribution in [2.75, 3.05) is 26.2 Å². The predicted octanol–water partition coefficient (Wildman–Crippen LogP) is 1.47. The van der Waals surface area contributed by atoms with Crippen LogP contribution in [0.4, 0.5) is 0 Å². The minimum absolute atomic E-state index is 0.120. The Morgan fingerprint density at radius 3 is 2.55 bits per heavy atom. The fraction of sp³-hybridized carbons (Fsp3) is 1.00. The van der Waals surface area contributed by atoms with Gasteiger partial charge in [0.1, 0.15) is 0 Å². The van der Waals surface area contributed by atoms with Crippen LogP contribution in [0.2, 0.25) is 0 Å². The summed E-state index contributed by atoms with van der Waals surface area (Å²) in [5.74, 6) is 0.561. The number of hydrogen-bond acceptors (Lipinski definition) is 3. The molecule has 2 aliphatic rings. The molecule has 1 unspecified atom stereocenters. The van der Waals surface area contributed by atoms with Gasteiger partial charge < -0.3 is 5.32 Å². The molecule has 1 atom stereocenters. The zero-order valence-corrected chi connectivity index (χ0v) is 13.4. The van der Waals surface area contributed by atoms with E-state index in [2.05, 4.69) is 17.0 Å². The van der Waals surface area contributed by atoms with Crippen LogP contribution in [-0.4, -0.2) is 44.9 Å². The molecule has 0 aromatic carbocycles. The van der Waals surface area contributed by atoms with E-state index in [9.17, 15) is 8.42 Å². The highest BCUT2D eigenvalue weighted by Crippen LogP contribution is 2.26. The molecule has 2 fully saturated rings. The average Bonchev–Trinajstić information content (AvgIpc) is 2.37. The summed E-state index contributed by atoms with van der Waals surface area (Å²) in [5, 5.41) is 3.36. The summed E-state index contributed by atoms with van der Waals surface area (Å²) in [7, 11) is -3.30. The summed E-state index contributed by atoms with van der Waals surface area (Å²) in [6.07, 6.45) is 7.76. The molecular weight excluding hydrogens is 274 g/mol. The van der Waals surface area contributed by atoms with E-state index < -0.39 is 10.2 Å². The number of rotatable bonds is 8. The summed E-state index contributed by atoms with van der Waals surface area (Å²) in [6.45, 7) is 5.15. The summed E-state index contributed by atoms with van der Waals surface area (Å²) < 4.78 is 29.4. The molecule has 0 amide bonds. The Bertz CT molecular complexity index is 382. The second kappa shape index (κ2) is 7.73.